The molecule has 5 heterocycles. The molecule has 2 aliphatic heterocycles. The highest BCUT2D eigenvalue weighted by atomic mass is 32.2. The molecule has 276 valence electrons. The zero-order valence-electron chi connectivity index (χ0n) is 29.7. The summed E-state index contributed by atoms with van der Waals surface area (Å²) in [6.45, 7) is 10.8. The molecule has 50 heavy (non-hydrogen) atoms. The highest BCUT2D eigenvalue weighted by molar-refractivity contribution is 7.91. The molecule has 1 amide bonds. The van der Waals surface area contributed by atoms with Crippen LogP contribution in [0, 0.1) is 6.92 Å². The van der Waals surface area contributed by atoms with Crippen LogP contribution in [-0.4, -0.2) is 63.2 Å². The first kappa shape index (κ1) is 37.5. The van der Waals surface area contributed by atoms with Gasteiger partial charge in [0.2, 0.25) is 15.9 Å². The number of sulfonamides is 1. The number of para-hydroxylation sites is 1. The molecule has 13 nitrogen and oxygen atoms in total. The Bertz CT molecular complexity index is 2100. The SMILES string of the molecule is CC1(O)C[C@H]2CC[C@@H](C1)O2.COc1ccccc1CCn1c(=O)n(C(C)(C)C(=O)NS(=O)(=O)C(C)(C)C)c(=O)c2c(C)c(-c3ncco3)sc21.[HH].[HH]. The Labute approximate surface area is 298 Å². The maximum absolute atomic E-state index is 14.0. The number of aryl methyl sites for hydroxylation is 3. The smallest absolute Gasteiger partial charge is 0.333 e. The van der Waals surface area contributed by atoms with Crippen molar-refractivity contribution in [3.8, 4) is 16.5 Å². The molecule has 0 radical (unpaired) electrons. The molecular weight excluding hydrogens is 685 g/mol. The van der Waals surface area contributed by atoms with Crippen LogP contribution in [0.25, 0.3) is 21.0 Å². The number of nitrogens with zero attached hydrogens (tertiary/aromatic N) is 3. The lowest BCUT2D eigenvalue weighted by Gasteiger charge is -2.33. The second-order valence-corrected chi connectivity index (χ2v) is 18.1. The summed E-state index contributed by atoms with van der Waals surface area (Å²) in [6, 6.07) is 7.39. The van der Waals surface area contributed by atoms with Crippen LogP contribution in [-0.2, 0) is 38.1 Å². The van der Waals surface area contributed by atoms with E-state index in [1.807, 2.05) is 31.2 Å². The average Bonchev–Trinajstić information content (AvgIpc) is 3.75. The van der Waals surface area contributed by atoms with E-state index >= 15 is 0 Å². The molecule has 2 saturated heterocycles. The van der Waals surface area contributed by atoms with Gasteiger partial charge in [-0.3, -0.25) is 18.9 Å². The Hall–Kier alpha value is -3.79. The van der Waals surface area contributed by atoms with Gasteiger partial charge in [0.15, 0.2) is 0 Å². The molecule has 1 unspecified atom stereocenters. The zero-order valence-corrected chi connectivity index (χ0v) is 31.4. The van der Waals surface area contributed by atoms with Crippen molar-refractivity contribution in [1.82, 2.24) is 18.8 Å². The maximum atomic E-state index is 14.0. The largest absolute Gasteiger partial charge is 0.496 e. The topological polar surface area (TPSA) is 172 Å². The third-order valence-electron chi connectivity index (χ3n) is 9.31. The molecule has 2 bridgehead atoms. The number of ether oxygens (including phenoxy) is 2. The fourth-order valence-electron chi connectivity index (χ4n) is 6.36. The molecule has 6 rings (SSSR count). The molecule has 0 aliphatic carbocycles. The second kappa shape index (κ2) is 13.7. The van der Waals surface area contributed by atoms with Crippen molar-refractivity contribution in [3.05, 3.63) is 68.7 Å². The van der Waals surface area contributed by atoms with Crippen molar-refractivity contribution in [2.24, 2.45) is 0 Å². The van der Waals surface area contributed by atoms with Crippen LogP contribution < -0.4 is 20.7 Å². The van der Waals surface area contributed by atoms with Crippen molar-refractivity contribution in [1.29, 1.82) is 0 Å². The van der Waals surface area contributed by atoms with Crippen molar-refractivity contribution in [2.75, 3.05) is 7.11 Å². The van der Waals surface area contributed by atoms with Gasteiger partial charge in [0.05, 0.1) is 46.1 Å². The summed E-state index contributed by atoms with van der Waals surface area (Å²) in [5.74, 6) is -0.0604. The molecule has 0 saturated carbocycles. The van der Waals surface area contributed by atoms with Gasteiger partial charge in [0.1, 0.15) is 22.4 Å². The number of benzene rings is 1. The summed E-state index contributed by atoms with van der Waals surface area (Å²) in [5.41, 5.74) is -2.38. The zero-order chi connectivity index (χ0) is 36.8. The van der Waals surface area contributed by atoms with Gasteiger partial charge in [-0.1, -0.05) is 18.2 Å². The lowest BCUT2D eigenvalue weighted by atomic mass is 9.93. The van der Waals surface area contributed by atoms with Gasteiger partial charge in [-0.25, -0.2) is 22.8 Å². The van der Waals surface area contributed by atoms with Gasteiger partial charge in [-0.2, -0.15) is 0 Å². The normalized spacial score (nSPS) is 20.7. The molecule has 2 aliphatic rings. The lowest BCUT2D eigenvalue weighted by Crippen LogP contribution is -2.58. The van der Waals surface area contributed by atoms with Crippen LogP contribution in [0.15, 0.2) is 50.7 Å². The second-order valence-electron chi connectivity index (χ2n) is 14.7. The van der Waals surface area contributed by atoms with Crippen LogP contribution in [0.5, 0.6) is 5.75 Å². The summed E-state index contributed by atoms with van der Waals surface area (Å²) in [6.07, 6.45) is 7.97. The minimum absolute atomic E-state index is 0. The van der Waals surface area contributed by atoms with Crippen LogP contribution in [0.4, 0.5) is 0 Å². The molecule has 3 atom stereocenters. The highest BCUT2D eigenvalue weighted by Gasteiger charge is 2.41. The number of hydrogen-bond acceptors (Lipinski definition) is 11. The Morgan fingerprint density at radius 3 is 2.38 bits per heavy atom. The van der Waals surface area contributed by atoms with Crippen molar-refractivity contribution < 1.29 is 35.1 Å². The molecular formula is C35H50N4O9S2. The first-order valence-electron chi connectivity index (χ1n) is 16.5. The summed E-state index contributed by atoms with van der Waals surface area (Å²) in [4.78, 5) is 46.5. The molecule has 3 aromatic heterocycles. The highest BCUT2D eigenvalue weighted by Crippen LogP contribution is 2.38. The van der Waals surface area contributed by atoms with Crippen LogP contribution in [0.1, 0.15) is 81.2 Å². The summed E-state index contributed by atoms with van der Waals surface area (Å²) < 4.78 is 45.1. The minimum Gasteiger partial charge on any atom is -0.496 e. The monoisotopic (exact) mass is 734 g/mol. The van der Waals surface area contributed by atoms with Crippen molar-refractivity contribution in [2.45, 2.75) is 115 Å². The summed E-state index contributed by atoms with van der Waals surface area (Å²) in [5, 5.41) is 9.90. The van der Waals surface area contributed by atoms with E-state index in [1.165, 1.54) is 63.0 Å². The van der Waals surface area contributed by atoms with Gasteiger partial charge in [0.25, 0.3) is 11.5 Å². The predicted octanol–water partition coefficient (Wildman–Crippen LogP) is 4.99. The van der Waals surface area contributed by atoms with Gasteiger partial charge in [-0.15, -0.1) is 11.3 Å². The first-order chi connectivity index (χ1) is 23.3. The Kier molecular flexibility index (Phi) is 10.3. The number of oxazole rings is 1. The van der Waals surface area contributed by atoms with Gasteiger partial charge in [0, 0.05) is 22.2 Å². The van der Waals surface area contributed by atoms with E-state index in [0.717, 1.165) is 35.8 Å². The van der Waals surface area contributed by atoms with Gasteiger partial charge < -0.3 is 19.0 Å². The predicted molar refractivity (Wildman–Crippen MR) is 195 cm³/mol. The number of nitrogens with one attached hydrogen (secondary N) is 1. The van der Waals surface area contributed by atoms with Crippen molar-refractivity contribution in [3.63, 3.8) is 0 Å². The number of aliphatic hydroxyl groups is 1. The molecule has 4 aromatic rings. The summed E-state index contributed by atoms with van der Waals surface area (Å²) in [7, 11) is -2.55. The number of methoxy groups -OCH3 is 1. The molecule has 0 spiro atoms. The van der Waals surface area contributed by atoms with E-state index in [-0.39, 0.29) is 14.8 Å². The number of carbonyl (C=O) groups is 1. The standard InChI is InChI=1S/C27H32N4O7S2.C8H14O2.2H2/c1-16-19-22(32)31(27(5,6)24(33)29-40(35,36)26(2,3)4)25(34)30(14-12-17-10-8-9-11-18(17)37-7)23(19)39-20(16)21-28-13-15-38-21;1-8(9)4-6-2-3-7(5-8)10-6;;/h8-11,13,15H,12,14H2,1-7H3,(H,29,33);6-7,9H,2-5H2,1H3;2*1H/t;6-,7+,8?;;. The fraction of sp³-hybridized carbons (Fsp3) is 0.543. The van der Waals surface area contributed by atoms with E-state index < -0.39 is 43.1 Å². The first-order valence-corrected chi connectivity index (χ1v) is 18.8. The van der Waals surface area contributed by atoms with E-state index in [2.05, 4.69) is 9.71 Å². The number of fused-ring (bicyclic) bond motifs is 3. The number of amides is 1. The van der Waals surface area contributed by atoms with E-state index in [9.17, 15) is 27.9 Å². The maximum Gasteiger partial charge on any atom is 0.333 e. The van der Waals surface area contributed by atoms with E-state index in [0.29, 0.717) is 45.5 Å². The average molecular weight is 735 g/mol. The van der Waals surface area contributed by atoms with Gasteiger partial charge in [-0.05, 0) is 84.9 Å². The number of rotatable bonds is 8. The third-order valence-corrected chi connectivity index (χ3v) is 12.7. The van der Waals surface area contributed by atoms with Crippen LogP contribution >= 0.6 is 11.3 Å². The molecule has 1 aromatic carbocycles. The quantitative estimate of drug-likeness (QED) is 0.251. The molecule has 2 fully saturated rings. The number of aromatic nitrogens is 3. The van der Waals surface area contributed by atoms with E-state index in [4.69, 9.17) is 13.9 Å². The number of hydrogen-bond donors (Lipinski definition) is 2. The molecule has 15 heteroatoms. The van der Waals surface area contributed by atoms with Gasteiger partial charge >= 0.3 is 5.69 Å². The Balaban J connectivity index is 0.000000519. The van der Waals surface area contributed by atoms with Crippen molar-refractivity contribution >= 4 is 37.5 Å². The number of carbonyl (C=O) groups excluding carboxylic acids is 1. The van der Waals surface area contributed by atoms with Crippen LogP contribution in [0.3, 0.4) is 0 Å². The third kappa shape index (κ3) is 7.32. The number of thiophene rings is 1. The summed E-state index contributed by atoms with van der Waals surface area (Å²) >= 11 is 1.19. The fourth-order valence-corrected chi connectivity index (χ4v) is 8.42. The molecule has 2 N–H and O–H groups in total. The van der Waals surface area contributed by atoms with E-state index in [1.54, 1.807) is 14.0 Å². The van der Waals surface area contributed by atoms with Crippen LogP contribution in [0.2, 0.25) is 0 Å². The Morgan fingerprint density at radius 1 is 1.16 bits per heavy atom. The minimum atomic E-state index is -4.11. The Morgan fingerprint density at radius 2 is 1.80 bits per heavy atom. The lowest BCUT2D eigenvalue weighted by molar-refractivity contribution is -0.126.